The minimum absolute atomic E-state index is 0.192. The summed E-state index contributed by atoms with van der Waals surface area (Å²) >= 11 is 0. The quantitative estimate of drug-likeness (QED) is 0.197. The van der Waals surface area contributed by atoms with Gasteiger partial charge in [0, 0.05) is 25.1 Å². The van der Waals surface area contributed by atoms with E-state index in [1.54, 1.807) is 21.0 Å². The Hall–Kier alpha value is -3.28. The Morgan fingerprint density at radius 2 is 1.74 bits per heavy atom. The Labute approximate surface area is 280 Å². The Balaban J connectivity index is 1.74. The number of aliphatic hydroxyl groups excluding tert-OH is 3. The molecule has 0 saturated carbocycles. The van der Waals surface area contributed by atoms with Crippen LogP contribution < -0.4 is 15.4 Å². The van der Waals surface area contributed by atoms with Gasteiger partial charge in [0.1, 0.15) is 23.5 Å². The van der Waals surface area contributed by atoms with Crippen LogP contribution in [0, 0.1) is 5.41 Å². The number of amides is 2. The van der Waals surface area contributed by atoms with Crippen LogP contribution in [-0.4, -0.2) is 96.8 Å². The number of aliphatic hydroxyl groups is 3. The molecule has 0 spiro atoms. The molecule has 47 heavy (non-hydrogen) atoms. The molecule has 0 aliphatic carbocycles. The van der Waals surface area contributed by atoms with E-state index in [0.717, 1.165) is 40.7 Å². The van der Waals surface area contributed by atoms with Gasteiger partial charge >= 0.3 is 0 Å². The van der Waals surface area contributed by atoms with E-state index >= 15 is 0 Å². The van der Waals surface area contributed by atoms with Crippen LogP contribution in [0.2, 0.25) is 0 Å². The number of aryl methyl sites for hydroxylation is 1. The van der Waals surface area contributed by atoms with Crippen LogP contribution in [0.4, 0.5) is 0 Å². The second-order valence-corrected chi connectivity index (χ2v) is 13.9. The number of nitrogens with one attached hydrogen (secondary N) is 2. The van der Waals surface area contributed by atoms with E-state index in [2.05, 4.69) is 35.8 Å². The smallest absolute Gasteiger partial charge is 0.245 e. The summed E-state index contributed by atoms with van der Waals surface area (Å²) in [5.41, 5.74) is 3.19. The normalized spacial score (nSPS) is 20.4. The standard InChI is InChI=1S/C37H55N3O7/c1-9-10-26-21-30(46-8)28(31-22-29(42)33(43)32(23-41)47-31)20-27(26)19-25-13-11-24(12-14-25)15-16-36(2,3)34(44)39-37(4,5)35(45)38-17-18-40(6)7/h11-16,20-21,29,31-33,41-43H,9-10,17-19,22-23H2,1-8H3,(H,38,45)(H,39,44)/b16-15+/t29-,31-,32-,33+/m1/s1. The summed E-state index contributed by atoms with van der Waals surface area (Å²) in [5.74, 6) is 0.181. The highest BCUT2D eigenvalue weighted by Crippen LogP contribution is 2.39. The molecule has 2 amide bonds. The third kappa shape index (κ3) is 10.4. The first-order chi connectivity index (χ1) is 22.1. The second kappa shape index (κ2) is 16.7. The van der Waals surface area contributed by atoms with Gasteiger partial charge in [-0.3, -0.25) is 9.59 Å². The highest BCUT2D eigenvalue weighted by molar-refractivity contribution is 5.93. The predicted molar refractivity (Wildman–Crippen MR) is 184 cm³/mol. The van der Waals surface area contributed by atoms with E-state index < -0.39 is 42.0 Å². The van der Waals surface area contributed by atoms with Gasteiger partial charge in [-0.25, -0.2) is 0 Å². The molecular formula is C37H55N3O7. The number of hydrogen-bond donors (Lipinski definition) is 5. The van der Waals surface area contributed by atoms with Crippen LogP contribution in [0.1, 0.15) is 81.4 Å². The lowest BCUT2D eigenvalue weighted by Gasteiger charge is -2.37. The zero-order chi connectivity index (χ0) is 34.9. The monoisotopic (exact) mass is 653 g/mol. The van der Waals surface area contributed by atoms with Crippen molar-refractivity contribution < 1.29 is 34.4 Å². The van der Waals surface area contributed by atoms with Gasteiger partial charge in [0.15, 0.2) is 0 Å². The van der Waals surface area contributed by atoms with Crippen LogP contribution in [0.3, 0.4) is 0 Å². The Morgan fingerprint density at radius 3 is 2.34 bits per heavy atom. The van der Waals surface area contributed by atoms with Crippen LogP contribution in [0.25, 0.3) is 6.08 Å². The lowest BCUT2D eigenvalue weighted by molar-refractivity contribution is -0.181. The lowest BCUT2D eigenvalue weighted by atomic mass is 9.88. The SMILES string of the molecule is CCCc1cc(OC)c([C@H]2C[C@@H](O)[C@H](O)[C@@H](CO)O2)cc1Cc1ccc(/C=C/C(C)(C)C(=O)NC(C)(C)C(=O)NCCN(C)C)cc1. The summed E-state index contributed by atoms with van der Waals surface area (Å²) < 4.78 is 11.7. The predicted octanol–water partition coefficient (Wildman–Crippen LogP) is 3.39. The maximum atomic E-state index is 13.2. The number of likely N-dealkylation sites (N-methyl/N-ethyl adjacent to an activating group) is 1. The first kappa shape index (κ1) is 38.2. The average Bonchev–Trinajstić information content (AvgIpc) is 3.02. The molecule has 0 aromatic heterocycles. The number of rotatable bonds is 15. The summed E-state index contributed by atoms with van der Waals surface area (Å²) in [7, 11) is 5.48. The van der Waals surface area contributed by atoms with Crippen molar-refractivity contribution in [1.82, 2.24) is 15.5 Å². The van der Waals surface area contributed by atoms with Gasteiger partial charge in [-0.05, 0) is 89.0 Å². The minimum Gasteiger partial charge on any atom is -0.496 e. The number of methoxy groups -OCH3 is 1. The topological polar surface area (TPSA) is 141 Å². The van der Waals surface area contributed by atoms with Crippen molar-refractivity contribution in [3.05, 3.63) is 70.3 Å². The first-order valence-corrected chi connectivity index (χ1v) is 16.5. The van der Waals surface area contributed by atoms with Crippen molar-refractivity contribution >= 4 is 17.9 Å². The van der Waals surface area contributed by atoms with Gasteiger partial charge < -0.3 is 40.3 Å². The molecule has 0 radical (unpaired) electrons. The van der Waals surface area contributed by atoms with Gasteiger partial charge in [0.25, 0.3) is 0 Å². The molecule has 2 aromatic rings. The number of benzene rings is 2. The Kier molecular flexibility index (Phi) is 13.6. The van der Waals surface area contributed by atoms with Crippen LogP contribution >= 0.6 is 0 Å². The van der Waals surface area contributed by atoms with Crippen molar-refractivity contribution in [3.8, 4) is 5.75 Å². The molecule has 10 nitrogen and oxygen atoms in total. The van der Waals surface area contributed by atoms with Crippen LogP contribution in [0.5, 0.6) is 5.75 Å². The molecule has 1 saturated heterocycles. The largest absolute Gasteiger partial charge is 0.496 e. The molecule has 1 aliphatic heterocycles. The third-order valence-electron chi connectivity index (χ3n) is 8.66. The Morgan fingerprint density at radius 1 is 1.06 bits per heavy atom. The van der Waals surface area contributed by atoms with E-state index in [-0.39, 0.29) is 18.2 Å². The van der Waals surface area contributed by atoms with Gasteiger partial charge in [0.05, 0.1) is 31.3 Å². The molecule has 3 rings (SSSR count). The molecule has 0 unspecified atom stereocenters. The number of ether oxygens (including phenoxy) is 2. The number of hydrogen-bond acceptors (Lipinski definition) is 8. The molecule has 4 atom stereocenters. The molecule has 10 heteroatoms. The maximum Gasteiger partial charge on any atom is 0.245 e. The summed E-state index contributed by atoms with van der Waals surface area (Å²) in [6.07, 6.45) is 2.86. The van der Waals surface area contributed by atoms with Crippen molar-refractivity contribution in [2.24, 2.45) is 5.41 Å². The van der Waals surface area contributed by atoms with Gasteiger partial charge in [-0.15, -0.1) is 0 Å². The summed E-state index contributed by atoms with van der Waals surface area (Å²) in [4.78, 5) is 27.8. The van der Waals surface area contributed by atoms with Gasteiger partial charge in [0.2, 0.25) is 11.8 Å². The van der Waals surface area contributed by atoms with Crippen molar-refractivity contribution in [1.29, 1.82) is 0 Å². The highest BCUT2D eigenvalue weighted by Gasteiger charge is 2.38. The Bertz CT molecular complexity index is 1370. The zero-order valence-electron chi connectivity index (χ0n) is 29.3. The molecule has 5 N–H and O–H groups in total. The number of carbonyl (C=O) groups is 2. The van der Waals surface area contributed by atoms with Crippen molar-refractivity contribution in [2.45, 2.75) is 90.3 Å². The number of nitrogens with zero attached hydrogens (tertiary/aromatic N) is 1. The fourth-order valence-corrected chi connectivity index (χ4v) is 5.55. The molecule has 0 bridgehead atoms. The van der Waals surface area contributed by atoms with Crippen molar-refractivity contribution in [2.75, 3.05) is 40.9 Å². The fourth-order valence-electron chi connectivity index (χ4n) is 5.55. The first-order valence-electron chi connectivity index (χ1n) is 16.5. The fraction of sp³-hybridized carbons (Fsp3) is 0.568. The lowest BCUT2D eigenvalue weighted by Crippen LogP contribution is -2.57. The van der Waals surface area contributed by atoms with E-state index in [1.165, 1.54) is 0 Å². The third-order valence-corrected chi connectivity index (χ3v) is 8.66. The van der Waals surface area contributed by atoms with E-state index in [0.29, 0.717) is 25.3 Å². The number of carbonyl (C=O) groups excluding carboxylic acids is 2. The molecular weight excluding hydrogens is 598 g/mol. The summed E-state index contributed by atoms with van der Waals surface area (Å²) in [6, 6.07) is 12.2. The van der Waals surface area contributed by atoms with Crippen LogP contribution in [-0.2, 0) is 27.2 Å². The molecule has 1 aliphatic rings. The minimum atomic E-state index is -1.15. The molecule has 1 heterocycles. The van der Waals surface area contributed by atoms with Gasteiger partial charge in [-0.1, -0.05) is 49.8 Å². The zero-order valence-corrected chi connectivity index (χ0v) is 29.3. The molecule has 260 valence electrons. The second-order valence-electron chi connectivity index (χ2n) is 13.9. The summed E-state index contributed by atoms with van der Waals surface area (Å²) in [6.45, 7) is 9.99. The molecule has 1 fully saturated rings. The highest BCUT2D eigenvalue weighted by atomic mass is 16.5. The van der Waals surface area contributed by atoms with Crippen molar-refractivity contribution in [3.63, 3.8) is 0 Å². The van der Waals surface area contributed by atoms with Gasteiger partial charge in [-0.2, -0.15) is 0 Å². The van der Waals surface area contributed by atoms with E-state index in [4.69, 9.17) is 9.47 Å². The molecule has 2 aromatic carbocycles. The van der Waals surface area contributed by atoms with E-state index in [1.807, 2.05) is 63.2 Å². The maximum absolute atomic E-state index is 13.2. The van der Waals surface area contributed by atoms with E-state index in [9.17, 15) is 24.9 Å². The summed E-state index contributed by atoms with van der Waals surface area (Å²) in [5, 5.41) is 36.2. The average molecular weight is 654 g/mol. The van der Waals surface area contributed by atoms with Crippen LogP contribution in [0.15, 0.2) is 42.5 Å².